The van der Waals surface area contributed by atoms with Crippen molar-refractivity contribution in [1.82, 2.24) is 35.5 Å². The fraction of sp³-hybridized carbons (Fsp3) is 0.314. The number of aromatic amines is 1. The van der Waals surface area contributed by atoms with Crippen LogP contribution in [0.1, 0.15) is 67.2 Å². The molecule has 73 heavy (non-hydrogen) atoms. The number of rotatable bonds is 21. The molecule has 380 valence electrons. The van der Waals surface area contributed by atoms with Gasteiger partial charge in [-0.05, 0) is 86.3 Å². The Hall–Kier alpha value is -7.92. The summed E-state index contributed by atoms with van der Waals surface area (Å²) in [6.45, 7) is 5.90. The van der Waals surface area contributed by atoms with E-state index < -0.39 is 33.4 Å². The molecular formula is C51H54N10O11S. The van der Waals surface area contributed by atoms with Crippen molar-refractivity contribution in [2.24, 2.45) is 0 Å². The average Bonchev–Trinajstić information content (AvgIpc) is 3.87. The first-order chi connectivity index (χ1) is 35.1. The van der Waals surface area contributed by atoms with E-state index in [0.717, 1.165) is 0 Å². The summed E-state index contributed by atoms with van der Waals surface area (Å²) in [4.78, 5) is 82.4. The number of likely N-dealkylation sites (tertiary alicyclic amines) is 1. The van der Waals surface area contributed by atoms with Crippen molar-refractivity contribution in [2.45, 2.75) is 52.2 Å². The third-order valence-corrected chi connectivity index (χ3v) is 13.0. The second-order valence-corrected chi connectivity index (χ2v) is 18.9. The van der Waals surface area contributed by atoms with Crippen molar-refractivity contribution in [1.29, 1.82) is 0 Å². The maximum atomic E-state index is 14.1. The van der Waals surface area contributed by atoms with Crippen LogP contribution in [0.5, 0.6) is 5.75 Å². The molecule has 21 nitrogen and oxygen atoms in total. The van der Waals surface area contributed by atoms with Gasteiger partial charge in [0.15, 0.2) is 17.7 Å². The number of hydrogen-bond acceptors (Lipinski definition) is 16. The zero-order chi connectivity index (χ0) is 51.6. The van der Waals surface area contributed by atoms with Crippen LogP contribution in [0.25, 0.3) is 33.0 Å². The molecule has 0 bridgehead atoms. The number of nitrogen functional groups attached to an aromatic ring is 1. The fourth-order valence-electron chi connectivity index (χ4n) is 8.81. The summed E-state index contributed by atoms with van der Waals surface area (Å²) < 4.78 is 53.2. The molecule has 3 aromatic heterocycles. The minimum atomic E-state index is -4.40. The molecule has 8 rings (SSSR count). The van der Waals surface area contributed by atoms with Gasteiger partial charge in [0.2, 0.25) is 22.9 Å². The Labute approximate surface area is 419 Å². The summed E-state index contributed by atoms with van der Waals surface area (Å²) in [6, 6.07) is 24.0. The van der Waals surface area contributed by atoms with E-state index in [1.165, 1.54) is 6.20 Å². The smallest absolute Gasteiger partial charge is 0.345 e. The maximum Gasteiger partial charge on any atom is 0.345 e. The molecule has 4 heterocycles. The predicted molar refractivity (Wildman–Crippen MR) is 269 cm³/mol. The highest BCUT2D eigenvalue weighted by atomic mass is 32.2. The Morgan fingerprint density at radius 1 is 0.863 bits per heavy atom. The number of esters is 1. The molecule has 0 radical (unpaired) electrons. The van der Waals surface area contributed by atoms with Crippen LogP contribution < -0.4 is 36.5 Å². The number of carbonyl (C=O) groups is 4. The van der Waals surface area contributed by atoms with Crippen LogP contribution in [0.3, 0.4) is 0 Å². The lowest BCUT2D eigenvalue weighted by Crippen LogP contribution is -2.46. The predicted octanol–water partition coefficient (Wildman–Crippen LogP) is 3.46. The molecule has 0 saturated carbocycles. The van der Waals surface area contributed by atoms with E-state index in [9.17, 15) is 36.9 Å². The molecule has 1 atom stereocenters. The van der Waals surface area contributed by atoms with Gasteiger partial charge in [-0.25, -0.2) is 23.2 Å². The number of hydrogen-bond donors (Lipinski definition) is 5. The summed E-state index contributed by atoms with van der Waals surface area (Å²) in [5, 5.41) is 10.1. The number of ether oxygens (including phenoxy) is 3. The quantitative estimate of drug-likeness (QED) is 0.0172. The molecule has 0 aliphatic carbocycles. The standard InChI is InChI=1S/C51H54N10O11S/c1-31-27-34(28-32(2)44(31)72-50(66)42-37-9-3-5-11-39(37)60(21-8-26-73(67,68)69)40-12-6-4-10-38(40)42)46(62)53-18-22-70-24-25-71-23-19-54-47(63)41-13-7-20-61(41)49(65)33-14-16-35(17-15-33)55-29-36-30-56-45-43(57-36)48(64)59-51(52)58-45/h3-6,9-12,14-17,27-28,30,41H,7-8,13,18-26,29H2,1-2H3,(H6-,52,53,54,55,56,58,59,62,63,64,65,67,68,69). The Balaban J connectivity index is 0.736. The number of nitrogens with zero attached hydrogens (tertiary/aromatic N) is 5. The molecule has 4 aromatic carbocycles. The second kappa shape index (κ2) is 23.1. The summed E-state index contributed by atoms with van der Waals surface area (Å²) in [6.07, 6.45) is 2.83. The first-order valence-electron chi connectivity index (χ1n) is 23.6. The third-order valence-electron chi connectivity index (χ3n) is 12.2. The van der Waals surface area contributed by atoms with Crippen molar-refractivity contribution in [3.8, 4) is 5.75 Å². The summed E-state index contributed by atoms with van der Waals surface area (Å²) in [5.41, 5.74) is 10.2. The first-order valence-corrected chi connectivity index (χ1v) is 25.2. The van der Waals surface area contributed by atoms with Gasteiger partial charge in [0.05, 0.1) is 71.3 Å². The maximum absolute atomic E-state index is 14.1. The lowest BCUT2D eigenvalue weighted by Gasteiger charge is -2.24. The number of para-hydroxylation sites is 2. The van der Waals surface area contributed by atoms with Gasteiger partial charge >= 0.3 is 5.97 Å². The Morgan fingerprint density at radius 3 is 2.16 bits per heavy atom. The average molecular weight is 1020 g/mol. The third kappa shape index (κ3) is 12.6. The van der Waals surface area contributed by atoms with Gasteiger partial charge in [-0.3, -0.25) is 24.2 Å². The van der Waals surface area contributed by atoms with E-state index in [1.54, 1.807) is 79.4 Å². The molecular weight excluding hydrogens is 961 g/mol. The number of nitrogens with two attached hydrogens (primary N) is 1. The van der Waals surface area contributed by atoms with Crippen molar-refractivity contribution in [3.63, 3.8) is 0 Å². The monoisotopic (exact) mass is 1010 g/mol. The molecule has 7 aromatic rings. The normalized spacial score (nSPS) is 13.6. The molecule has 3 amide bonds. The highest BCUT2D eigenvalue weighted by Gasteiger charge is 2.34. The Kier molecular flexibility index (Phi) is 16.3. The zero-order valence-corrected chi connectivity index (χ0v) is 41.0. The van der Waals surface area contributed by atoms with Crippen molar-refractivity contribution >= 4 is 78.4 Å². The number of benzene rings is 4. The van der Waals surface area contributed by atoms with E-state index in [0.29, 0.717) is 86.1 Å². The molecule has 1 saturated heterocycles. The SMILES string of the molecule is Cc1cc(C(=O)NCCOCCOCCNC(=O)C2CCCN2C(=O)c2ccc(NCc3cnc4nc(N)[nH]c(=O)c4n3)cc2)cc(C)c1OC(=O)c1c2ccccc2[n+](CCCS(=O)(=O)[O-])c2ccccc12. The number of aromatic nitrogens is 5. The van der Waals surface area contributed by atoms with Crippen LogP contribution in [0.15, 0.2) is 95.9 Å². The zero-order valence-electron chi connectivity index (χ0n) is 40.1. The van der Waals surface area contributed by atoms with Crippen LogP contribution in [0, 0.1) is 13.8 Å². The molecule has 22 heteroatoms. The summed E-state index contributed by atoms with van der Waals surface area (Å²) in [7, 11) is -4.40. The number of pyridine rings is 1. The van der Waals surface area contributed by atoms with E-state index in [-0.39, 0.29) is 93.9 Å². The van der Waals surface area contributed by atoms with E-state index >= 15 is 0 Å². The number of fused-ring (bicyclic) bond motifs is 3. The molecule has 1 aliphatic rings. The van der Waals surface area contributed by atoms with E-state index in [1.807, 2.05) is 28.8 Å². The topological polar surface area (TPSA) is 294 Å². The van der Waals surface area contributed by atoms with Crippen molar-refractivity contribution in [2.75, 3.05) is 62.9 Å². The molecule has 1 unspecified atom stereocenters. The first kappa shape index (κ1) is 51.4. The number of nitrogens with one attached hydrogen (secondary N) is 4. The van der Waals surface area contributed by atoms with Crippen LogP contribution in [0.4, 0.5) is 11.6 Å². The lowest BCUT2D eigenvalue weighted by molar-refractivity contribution is -0.645. The second-order valence-electron chi connectivity index (χ2n) is 17.3. The van der Waals surface area contributed by atoms with Crippen LogP contribution >= 0.6 is 0 Å². The van der Waals surface area contributed by atoms with Gasteiger partial charge in [-0.1, -0.05) is 24.3 Å². The highest BCUT2D eigenvalue weighted by Crippen LogP contribution is 2.30. The van der Waals surface area contributed by atoms with Gasteiger partial charge in [0.1, 0.15) is 11.8 Å². The fourth-order valence-corrected chi connectivity index (χ4v) is 9.30. The highest BCUT2D eigenvalue weighted by molar-refractivity contribution is 7.85. The Bertz CT molecular complexity index is 3310. The minimum Gasteiger partial charge on any atom is -0.748 e. The van der Waals surface area contributed by atoms with Gasteiger partial charge in [-0.15, -0.1) is 0 Å². The number of H-pyrrole nitrogens is 1. The number of aryl methyl sites for hydroxylation is 3. The van der Waals surface area contributed by atoms with Crippen molar-refractivity contribution < 1.29 is 50.9 Å². The molecule has 0 spiro atoms. The number of amides is 3. The van der Waals surface area contributed by atoms with Crippen LogP contribution in [-0.2, 0) is 37.5 Å². The van der Waals surface area contributed by atoms with Crippen molar-refractivity contribution in [3.05, 3.63) is 135 Å². The van der Waals surface area contributed by atoms with Crippen LogP contribution in [-0.4, -0.2) is 119 Å². The van der Waals surface area contributed by atoms with E-state index in [4.69, 9.17) is 19.9 Å². The molecule has 1 aliphatic heterocycles. The van der Waals surface area contributed by atoms with E-state index in [2.05, 4.69) is 35.9 Å². The lowest BCUT2D eigenvalue weighted by atomic mass is 10.0. The van der Waals surface area contributed by atoms with Gasteiger partial charge in [-0.2, -0.15) is 9.55 Å². The largest absolute Gasteiger partial charge is 0.748 e. The number of anilines is 2. The molecule has 1 fully saturated rings. The summed E-state index contributed by atoms with van der Waals surface area (Å²) >= 11 is 0. The molecule has 6 N–H and O–H groups in total. The minimum absolute atomic E-state index is 0.0424. The van der Waals surface area contributed by atoms with Gasteiger partial charge in [0.25, 0.3) is 17.4 Å². The van der Waals surface area contributed by atoms with Gasteiger partial charge < -0.3 is 45.3 Å². The van der Waals surface area contributed by atoms with Crippen LogP contribution in [0.2, 0.25) is 0 Å². The van der Waals surface area contributed by atoms with Gasteiger partial charge in [0, 0.05) is 60.8 Å². The Morgan fingerprint density at radius 2 is 1.51 bits per heavy atom. The number of carbonyl (C=O) groups excluding carboxylic acids is 4. The summed E-state index contributed by atoms with van der Waals surface area (Å²) in [5.74, 6) is -1.68.